The first kappa shape index (κ1) is 14.2. The first-order chi connectivity index (χ1) is 10.1. The van der Waals surface area contributed by atoms with Gasteiger partial charge in [-0.3, -0.25) is 4.98 Å². The molecule has 21 heavy (non-hydrogen) atoms. The van der Waals surface area contributed by atoms with Crippen LogP contribution in [0.1, 0.15) is 5.56 Å². The number of aromatic nitrogens is 1. The molecular formula is C16H11ClFNOS. The molecule has 0 aliphatic heterocycles. The third kappa shape index (κ3) is 2.96. The lowest BCUT2D eigenvalue weighted by molar-refractivity contribution is 0.432. The maximum Gasteiger partial charge on any atom is 0.170 e. The molecule has 1 aromatic heterocycles. The average Bonchev–Trinajstić information content (AvgIpc) is 2.50. The Balaban J connectivity index is 1.87. The molecule has 106 valence electrons. The predicted molar refractivity (Wildman–Crippen MR) is 84.4 cm³/mol. The van der Waals surface area contributed by atoms with Crippen LogP contribution >= 0.6 is 23.4 Å². The molecule has 0 aliphatic rings. The fraction of sp³-hybridized carbons (Fsp3) is 0.0625. The van der Waals surface area contributed by atoms with E-state index < -0.39 is 11.6 Å². The molecule has 0 fully saturated rings. The maximum atomic E-state index is 13.5. The van der Waals surface area contributed by atoms with Gasteiger partial charge in [0.25, 0.3) is 0 Å². The summed E-state index contributed by atoms with van der Waals surface area (Å²) in [5.74, 6) is -0.654. The lowest BCUT2D eigenvalue weighted by Gasteiger charge is -2.07. The second-order valence-corrected chi connectivity index (χ2v) is 5.95. The van der Waals surface area contributed by atoms with Crippen molar-refractivity contribution in [2.75, 3.05) is 0 Å². The van der Waals surface area contributed by atoms with Crippen molar-refractivity contribution in [1.29, 1.82) is 0 Å². The van der Waals surface area contributed by atoms with Crippen LogP contribution in [0.4, 0.5) is 4.39 Å². The van der Waals surface area contributed by atoms with E-state index in [-0.39, 0.29) is 5.02 Å². The van der Waals surface area contributed by atoms with Crippen LogP contribution in [0.5, 0.6) is 5.75 Å². The monoisotopic (exact) mass is 319 g/mol. The maximum absolute atomic E-state index is 13.5. The molecule has 0 saturated heterocycles. The number of pyridine rings is 1. The summed E-state index contributed by atoms with van der Waals surface area (Å²) in [6.45, 7) is 0. The highest BCUT2D eigenvalue weighted by Crippen LogP contribution is 2.32. The minimum atomic E-state index is -0.700. The summed E-state index contributed by atoms with van der Waals surface area (Å²) in [4.78, 5) is 5.41. The van der Waals surface area contributed by atoms with Gasteiger partial charge in [-0.15, -0.1) is 11.8 Å². The third-order valence-electron chi connectivity index (χ3n) is 3.07. The number of thioether (sulfide) groups is 1. The molecule has 3 aromatic rings. The van der Waals surface area contributed by atoms with E-state index in [0.717, 1.165) is 15.8 Å². The second kappa shape index (κ2) is 5.92. The van der Waals surface area contributed by atoms with E-state index >= 15 is 0 Å². The first-order valence-electron chi connectivity index (χ1n) is 6.28. The summed E-state index contributed by atoms with van der Waals surface area (Å²) in [6.07, 6.45) is 1.75. The van der Waals surface area contributed by atoms with Crippen molar-refractivity contribution in [3.05, 3.63) is 65.1 Å². The Labute approximate surface area is 130 Å². The summed E-state index contributed by atoms with van der Waals surface area (Å²) >= 11 is 7.34. The Hall–Kier alpha value is -1.78. The normalized spacial score (nSPS) is 11.0. The van der Waals surface area contributed by atoms with Crippen LogP contribution in [0.15, 0.2) is 53.6 Å². The van der Waals surface area contributed by atoms with Crippen LogP contribution in [-0.2, 0) is 5.75 Å². The molecule has 3 rings (SSSR count). The van der Waals surface area contributed by atoms with Crippen molar-refractivity contribution in [2.24, 2.45) is 0 Å². The van der Waals surface area contributed by atoms with Crippen molar-refractivity contribution in [1.82, 2.24) is 4.98 Å². The minimum absolute atomic E-state index is 0.0293. The van der Waals surface area contributed by atoms with Gasteiger partial charge in [0.05, 0.1) is 10.5 Å². The number of halogens is 2. The summed E-state index contributed by atoms with van der Waals surface area (Å²) in [6, 6.07) is 12.7. The van der Waals surface area contributed by atoms with E-state index in [1.54, 1.807) is 24.0 Å². The standard InChI is InChI=1S/C16H11ClFNOS/c17-12-7-10(8-13(18)16(12)20)9-21-14-5-1-3-11-4-2-6-19-15(11)14/h1-8,20H,9H2. The van der Waals surface area contributed by atoms with Gasteiger partial charge in [0.1, 0.15) is 0 Å². The van der Waals surface area contributed by atoms with Crippen molar-refractivity contribution in [2.45, 2.75) is 10.6 Å². The molecule has 0 saturated carbocycles. The molecule has 0 bridgehead atoms. The van der Waals surface area contributed by atoms with Crippen LogP contribution in [0.3, 0.4) is 0 Å². The molecule has 0 atom stereocenters. The molecule has 0 amide bonds. The van der Waals surface area contributed by atoms with Gasteiger partial charge in [-0.25, -0.2) is 4.39 Å². The molecule has 0 aliphatic carbocycles. The average molecular weight is 320 g/mol. The number of benzene rings is 2. The number of nitrogens with zero attached hydrogens (tertiary/aromatic N) is 1. The van der Waals surface area contributed by atoms with Crippen LogP contribution in [0, 0.1) is 5.82 Å². The first-order valence-corrected chi connectivity index (χ1v) is 7.65. The van der Waals surface area contributed by atoms with Crippen LogP contribution in [0.2, 0.25) is 5.02 Å². The zero-order valence-corrected chi connectivity index (χ0v) is 12.5. The fourth-order valence-corrected chi connectivity index (χ4v) is 3.26. The molecule has 0 radical (unpaired) electrons. The molecule has 0 unspecified atom stereocenters. The number of para-hydroxylation sites is 1. The molecule has 5 heteroatoms. The van der Waals surface area contributed by atoms with Crippen molar-refractivity contribution in [3.8, 4) is 5.75 Å². The minimum Gasteiger partial charge on any atom is -0.504 e. The van der Waals surface area contributed by atoms with Gasteiger partial charge in [0, 0.05) is 22.2 Å². The molecule has 2 aromatic carbocycles. The van der Waals surface area contributed by atoms with Crippen molar-refractivity contribution in [3.63, 3.8) is 0 Å². The second-order valence-electron chi connectivity index (χ2n) is 4.53. The molecule has 0 spiro atoms. The van der Waals surface area contributed by atoms with E-state index in [0.29, 0.717) is 11.3 Å². The number of fused-ring (bicyclic) bond motifs is 1. The van der Waals surface area contributed by atoms with Crippen LogP contribution < -0.4 is 0 Å². The quantitative estimate of drug-likeness (QED) is 0.688. The fourth-order valence-electron chi connectivity index (χ4n) is 2.06. The number of phenols is 1. The topological polar surface area (TPSA) is 33.1 Å². The van der Waals surface area contributed by atoms with E-state index in [1.807, 2.05) is 30.3 Å². The van der Waals surface area contributed by atoms with Gasteiger partial charge in [-0.1, -0.05) is 29.8 Å². The molecule has 1 heterocycles. The highest BCUT2D eigenvalue weighted by atomic mass is 35.5. The SMILES string of the molecule is Oc1c(F)cc(CSc2cccc3cccnc23)cc1Cl. The van der Waals surface area contributed by atoms with E-state index in [2.05, 4.69) is 4.98 Å². The Morgan fingerprint density at radius 3 is 2.81 bits per heavy atom. The lowest BCUT2D eigenvalue weighted by Crippen LogP contribution is -1.87. The van der Waals surface area contributed by atoms with Gasteiger partial charge in [0.15, 0.2) is 11.6 Å². The highest BCUT2D eigenvalue weighted by Gasteiger charge is 2.09. The number of hydrogen-bond acceptors (Lipinski definition) is 3. The molecule has 2 nitrogen and oxygen atoms in total. The Bertz CT molecular complexity index is 781. The number of aromatic hydroxyl groups is 1. The number of hydrogen-bond donors (Lipinski definition) is 1. The van der Waals surface area contributed by atoms with Gasteiger partial charge in [0.2, 0.25) is 0 Å². The van der Waals surface area contributed by atoms with Gasteiger partial charge < -0.3 is 5.11 Å². The van der Waals surface area contributed by atoms with Gasteiger partial charge in [-0.2, -0.15) is 0 Å². The zero-order chi connectivity index (χ0) is 14.8. The largest absolute Gasteiger partial charge is 0.504 e. The highest BCUT2D eigenvalue weighted by molar-refractivity contribution is 7.98. The summed E-state index contributed by atoms with van der Waals surface area (Å²) < 4.78 is 13.5. The zero-order valence-electron chi connectivity index (χ0n) is 10.9. The van der Waals surface area contributed by atoms with Crippen LogP contribution in [0.25, 0.3) is 10.9 Å². The Morgan fingerprint density at radius 2 is 2.00 bits per heavy atom. The van der Waals surface area contributed by atoms with E-state index in [9.17, 15) is 9.50 Å². The molecule has 1 N–H and O–H groups in total. The van der Waals surface area contributed by atoms with E-state index in [4.69, 9.17) is 11.6 Å². The smallest absolute Gasteiger partial charge is 0.170 e. The van der Waals surface area contributed by atoms with Crippen LogP contribution in [-0.4, -0.2) is 10.1 Å². The molecular weight excluding hydrogens is 309 g/mol. The van der Waals surface area contributed by atoms with E-state index in [1.165, 1.54) is 6.07 Å². The number of rotatable bonds is 3. The van der Waals surface area contributed by atoms with Crippen molar-refractivity contribution >= 4 is 34.3 Å². The summed E-state index contributed by atoms with van der Waals surface area (Å²) in [5.41, 5.74) is 1.64. The lowest BCUT2D eigenvalue weighted by atomic mass is 10.2. The Morgan fingerprint density at radius 1 is 1.19 bits per heavy atom. The Kier molecular flexibility index (Phi) is 3.99. The van der Waals surface area contributed by atoms with Crippen molar-refractivity contribution < 1.29 is 9.50 Å². The third-order valence-corrected chi connectivity index (χ3v) is 4.47. The summed E-state index contributed by atoms with van der Waals surface area (Å²) in [7, 11) is 0. The van der Waals surface area contributed by atoms with Gasteiger partial charge >= 0.3 is 0 Å². The summed E-state index contributed by atoms with van der Waals surface area (Å²) in [5, 5.41) is 10.4. The number of phenolic OH excluding ortho intramolecular Hbond substituents is 1. The predicted octanol–water partition coefficient (Wildman–Crippen LogP) is 5.03. The van der Waals surface area contributed by atoms with Gasteiger partial charge in [-0.05, 0) is 29.8 Å².